The van der Waals surface area contributed by atoms with Crippen LogP contribution < -0.4 is 0 Å². The van der Waals surface area contributed by atoms with Crippen molar-refractivity contribution in [3.8, 4) is 11.8 Å². The van der Waals surface area contributed by atoms with Gasteiger partial charge in [-0.15, -0.1) is 0 Å². The van der Waals surface area contributed by atoms with Crippen molar-refractivity contribution in [2.24, 2.45) is 5.41 Å². The number of hydrogen-bond acceptors (Lipinski definition) is 1. The lowest BCUT2D eigenvalue weighted by Gasteiger charge is -2.05. The van der Waals surface area contributed by atoms with Gasteiger partial charge in [-0.05, 0) is 32.9 Å². The van der Waals surface area contributed by atoms with Gasteiger partial charge >= 0.3 is 0 Å². The second kappa shape index (κ2) is 3.90. The third-order valence-electron chi connectivity index (χ3n) is 0.705. The Kier molecular flexibility index (Phi) is 3.49. The molecule has 0 fully saturated rings. The molecule has 0 radical (unpaired) electrons. The molecule has 10 heavy (non-hydrogen) atoms. The number of hydrogen-bond donors (Lipinski definition) is 0. The first-order chi connectivity index (χ1) is 4.56. The van der Waals surface area contributed by atoms with Crippen molar-refractivity contribution in [2.75, 3.05) is 0 Å². The van der Waals surface area contributed by atoms with Crippen molar-refractivity contribution in [1.29, 1.82) is 0 Å². The molecule has 1 nitrogen and oxygen atoms in total. The summed E-state index contributed by atoms with van der Waals surface area (Å²) in [6.07, 6.45) is 3.66. The van der Waals surface area contributed by atoms with Crippen LogP contribution in [0.1, 0.15) is 20.8 Å². The molecule has 0 aliphatic rings. The average molecular weight is 136 g/mol. The molecular formula is C9H12O. The predicted molar refractivity (Wildman–Crippen MR) is 42.4 cm³/mol. The Balaban J connectivity index is 3.93. The molecule has 54 valence electrons. The van der Waals surface area contributed by atoms with E-state index >= 15 is 0 Å². The molecule has 0 aliphatic carbocycles. The van der Waals surface area contributed by atoms with Crippen molar-refractivity contribution in [1.82, 2.24) is 0 Å². The van der Waals surface area contributed by atoms with Crippen LogP contribution in [-0.2, 0) is 4.79 Å². The zero-order valence-corrected chi connectivity index (χ0v) is 6.64. The van der Waals surface area contributed by atoms with E-state index < -0.39 is 0 Å². The smallest absolute Gasteiger partial charge is 0.143 e. The summed E-state index contributed by atoms with van der Waals surface area (Å²) < 4.78 is 0. The van der Waals surface area contributed by atoms with Gasteiger partial charge in [0.15, 0.2) is 0 Å². The summed E-state index contributed by atoms with van der Waals surface area (Å²) in [5.41, 5.74) is 0.0211. The van der Waals surface area contributed by atoms with Crippen molar-refractivity contribution in [3.05, 3.63) is 12.2 Å². The van der Waals surface area contributed by atoms with Gasteiger partial charge in [0.2, 0.25) is 0 Å². The first kappa shape index (κ1) is 8.97. The molecule has 0 atom stereocenters. The highest BCUT2D eigenvalue weighted by atomic mass is 16.1. The van der Waals surface area contributed by atoms with E-state index in [2.05, 4.69) is 11.8 Å². The fourth-order valence-electron chi connectivity index (χ4n) is 0.346. The van der Waals surface area contributed by atoms with Gasteiger partial charge in [0.05, 0.1) is 0 Å². The molecule has 0 N–H and O–H groups in total. The largest absolute Gasteiger partial charge is 0.299 e. The maximum atomic E-state index is 9.77. The fourth-order valence-corrected chi connectivity index (χ4v) is 0.346. The van der Waals surface area contributed by atoms with E-state index in [-0.39, 0.29) is 5.41 Å². The molecule has 0 unspecified atom stereocenters. The Hall–Kier alpha value is -1.03. The second-order valence-electron chi connectivity index (χ2n) is 3.01. The number of allylic oxidation sites excluding steroid dienone is 2. The highest BCUT2D eigenvalue weighted by molar-refractivity contribution is 5.65. The lowest BCUT2D eigenvalue weighted by molar-refractivity contribution is -0.104. The SMILES string of the molecule is CC(C)(C)C#C/C=C/C=O. The molecule has 0 amide bonds. The summed E-state index contributed by atoms with van der Waals surface area (Å²) in [4.78, 5) is 9.77. The molecule has 0 bridgehead atoms. The number of rotatable bonds is 1. The maximum Gasteiger partial charge on any atom is 0.143 e. The van der Waals surface area contributed by atoms with Crippen LogP contribution in [0.25, 0.3) is 0 Å². The summed E-state index contributed by atoms with van der Waals surface area (Å²) in [5.74, 6) is 5.73. The Morgan fingerprint density at radius 1 is 1.30 bits per heavy atom. The van der Waals surface area contributed by atoms with Gasteiger partial charge in [0, 0.05) is 5.41 Å². The highest BCUT2D eigenvalue weighted by Crippen LogP contribution is 2.09. The van der Waals surface area contributed by atoms with Crippen LogP contribution in [0.15, 0.2) is 12.2 Å². The van der Waals surface area contributed by atoms with Crippen LogP contribution in [0, 0.1) is 17.3 Å². The zero-order chi connectivity index (χ0) is 8.04. The molecule has 0 aromatic rings. The minimum Gasteiger partial charge on any atom is -0.299 e. The third kappa shape index (κ3) is 6.97. The van der Waals surface area contributed by atoms with Gasteiger partial charge in [0.25, 0.3) is 0 Å². The first-order valence-corrected chi connectivity index (χ1v) is 3.19. The highest BCUT2D eigenvalue weighted by Gasteiger charge is 2.01. The summed E-state index contributed by atoms with van der Waals surface area (Å²) >= 11 is 0. The zero-order valence-electron chi connectivity index (χ0n) is 6.64. The van der Waals surface area contributed by atoms with Crippen LogP contribution >= 0.6 is 0 Å². The summed E-state index contributed by atoms with van der Waals surface area (Å²) in [5, 5.41) is 0. The van der Waals surface area contributed by atoms with E-state index in [0.29, 0.717) is 0 Å². The number of carbonyl (C=O) groups excluding carboxylic acids is 1. The van der Waals surface area contributed by atoms with Crippen LogP contribution in [0.5, 0.6) is 0 Å². The second-order valence-corrected chi connectivity index (χ2v) is 3.01. The van der Waals surface area contributed by atoms with Gasteiger partial charge in [-0.1, -0.05) is 11.8 Å². The molecule has 0 saturated carbocycles. The summed E-state index contributed by atoms with van der Waals surface area (Å²) in [6.45, 7) is 6.07. The van der Waals surface area contributed by atoms with Gasteiger partial charge in [-0.3, -0.25) is 4.79 Å². The third-order valence-corrected chi connectivity index (χ3v) is 0.705. The summed E-state index contributed by atoms with van der Waals surface area (Å²) in [6, 6.07) is 0. The lowest BCUT2D eigenvalue weighted by atomic mass is 9.98. The van der Waals surface area contributed by atoms with E-state index in [0.717, 1.165) is 6.29 Å². The molecule has 0 aromatic heterocycles. The van der Waals surface area contributed by atoms with E-state index in [1.165, 1.54) is 6.08 Å². The quantitative estimate of drug-likeness (QED) is 0.305. The Labute approximate surface area is 62.1 Å². The topological polar surface area (TPSA) is 17.1 Å². The lowest BCUT2D eigenvalue weighted by Crippen LogP contribution is -1.98. The average Bonchev–Trinajstić information content (AvgIpc) is 1.78. The van der Waals surface area contributed by atoms with E-state index in [1.54, 1.807) is 6.08 Å². The van der Waals surface area contributed by atoms with Gasteiger partial charge < -0.3 is 0 Å². The Morgan fingerprint density at radius 2 is 1.90 bits per heavy atom. The monoisotopic (exact) mass is 136 g/mol. The molecule has 1 heteroatoms. The Bertz CT molecular complexity index is 183. The minimum absolute atomic E-state index is 0.0211. The molecular weight excluding hydrogens is 124 g/mol. The van der Waals surface area contributed by atoms with Crippen molar-refractivity contribution in [3.63, 3.8) is 0 Å². The van der Waals surface area contributed by atoms with Gasteiger partial charge in [-0.25, -0.2) is 0 Å². The number of carbonyl (C=O) groups is 1. The van der Waals surface area contributed by atoms with E-state index in [9.17, 15) is 4.79 Å². The van der Waals surface area contributed by atoms with Crippen LogP contribution in [0.3, 0.4) is 0 Å². The van der Waals surface area contributed by atoms with Gasteiger partial charge in [0.1, 0.15) is 6.29 Å². The van der Waals surface area contributed by atoms with Crippen molar-refractivity contribution < 1.29 is 4.79 Å². The van der Waals surface area contributed by atoms with Crippen LogP contribution in [0.4, 0.5) is 0 Å². The van der Waals surface area contributed by atoms with Crippen LogP contribution in [-0.4, -0.2) is 6.29 Å². The van der Waals surface area contributed by atoms with Crippen molar-refractivity contribution >= 4 is 6.29 Å². The minimum atomic E-state index is 0.0211. The molecule has 0 saturated heterocycles. The molecule has 0 spiro atoms. The Morgan fingerprint density at radius 3 is 2.30 bits per heavy atom. The van der Waals surface area contributed by atoms with Gasteiger partial charge in [-0.2, -0.15) is 0 Å². The van der Waals surface area contributed by atoms with Crippen molar-refractivity contribution in [2.45, 2.75) is 20.8 Å². The fraction of sp³-hybridized carbons (Fsp3) is 0.444. The standard InChI is InChI=1S/C9H12O/c1-9(2,3)7-5-4-6-8-10/h4,6,8H,1-3H3/b6-4+. The molecule has 0 aliphatic heterocycles. The number of aldehydes is 1. The molecule has 0 aromatic carbocycles. The summed E-state index contributed by atoms with van der Waals surface area (Å²) in [7, 11) is 0. The van der Waals surface area contributed by atoms with Crippen LogP contribution in [0.2, 0.25) is 0 Å². The van der Waals surface area contributed by atoms with E-state index in [1.807, 2.05) is 20.8 Å². The predicted octanol–water partition coefficient (Wildman–Crippen LogP) is 1.79. The molecule has 0 rings (SSSR count). The normalized spacial score (nSPS) is 10.7. The van der Waals surface area contributed by atoms with E-state index in [4.69, 9.17) is 0 Å². The first-order valence-electron chi connectivity index (χ1n) is 3.19. The maximum absolute atomic E-state index is 9.77. The molecule has 0 heterocycles.